The van der Waals surface area contributed by atoms with E-state index in [2.05, 4.69) is 95.3 Å². The van der Waals surface area contributed by atoms with E-state index in [1.165, 1.54) is 27.8 Å². The molecule has 0 unspecified atom stereocenters. The number of benzene rings is 5. The number of ether oxygens (including phenoxy) is 1. The maximum absolute atomic E-state index is 12.8. The van der Waals surface area contributed by atoms with Gasteiger partial charge in [-0.05, 0) is 72.5 Å². The number of ketones is 1. The van der Waals surface area contributed by atoms with Gasteiger partial charge in [0.15, 0.2) is 5.78 Å². The fourth-order valence-electron chi connectivity index (χ4n) is 5.22. The number of rotatable bonds is 8. The molecule has 0 aliphatic heterocycles. The van der Waals surface area contributed by atoms with Crippen LogP contribution in [0.25, 0.3) is 0 Å². The molecule has 5 aromatic carbocycles. The number of hydrogen-bond acceptors (Lipinski definition) is 2. The fourth-order valence-corrected chi connectivity index (χ4v) is 5.22. The summed E-state index contributed by atoms with van der Waals surface area (Å²) in [5.74, 6) is 1.47. The smallest absolute Gasteiger partial charge is 0.193 e. The van der Waals surface area contributed by atoms with Gasteiger partial charge in [0.25, 0.3) is 0 Å². The Labute approximate surface area is 244 Å². The topological polar surface area (TPSA) is 26.3 Å². The Morgan fingerprint density at radius 2 is 0.854 bits per heavy atom. The molecule has 2 heteroatoms. The van der Waals surface area contributed by atoms with Crippen LogP contribution in [0.3, 0.4) is 0 Å². The van der Waals surface area contributed by atoms with Gasteiger partial charge in [0.1, 0.15) is 11.5 Å². The monoisotopic (exact) mass is 538 g/mol. The molecule has 41 heavy (non-hydrogen) atoms. The van der Waals surface area contributed by atoms with Gasteiger partial charge in [-0.15, -0.1) is 0 Å². The summed E-state index contributed by atoms with van der Waals surface area (Å²) in [4.78, 5) is 12.8. The van der Waals surface area contributed by atoms with Crippen molar-refractivity contribution in [3.8, 4) is 11.5 Å². The summed E-state index contributed by atoms with van der Waals surface area (Å²) >= 11 is 0. The highest BCUT2D eigenvalue weighted by Gasteiger charge is 2.28. The van der Waals surface area contributed by atoms with Crippen molar-refractivity contribution in [3.05, 3.63) is 166 Å². The maximum Gasteiger partial charge on any atom is 0.193 e. The van der Waals surface area contributed by atoms with Crippen molar-refractivity contribution >= 4 is 5.78 Å². The van der Waals surface area contributed by atoms with E-state index in [1.807, 2.05) is 67.6 Å². The number of carbonyl (C=O) groups excluding carboxylic acids is 1. The molecule has 0 saturated carbocycles. The van der Waals surface area contributed by atoms with Crippen molar-refractivity contribution in [2.75, 3.05) is 0 Å². The summed E-state index contributed by atoms with van der Waals surface area (Å²) in [6, 6.07) is 41.1. The summed E-state index contributed by atoms with van der Waals surface area (Å²) in [6.45, 7) is 13.3. The number of hydrogen-bond donors (Lipinski definition) is 0. The highest BCUT2D eigenvalue weighted by Crippen LogP contribution is 2.37. The zero-order valence-electron chi connectivity index (χ0n) is 24.9. The summed E-state index contributed by atoms with van der Waals surface area (Å²) in [5.41, 5.74) is 8.56. The Kier molecular flexibility index (Phi) is 7.69. The minimum atomic E-state index is -0.185. The van der Waals surface area contributed by atoms with E-state index in [9.17, 15) is 4.79 Å². The molecule has 0 spiro atoms. The summed E-state index contributed by atoms with van der Waals surface area (Å²) in [6.07, 6.45) is 0. The molecule has 0 fully saturated rings. The molecular formula is C39H38O2. The Morgan fingerprint density at radius 3 is 1.32 bits per heavy atom. The highest BCUT2D eigenvalue weighted by atomic mass is 16.5. The molecule has 5 rings (SSSR count). The van der Waals surface area contributed by atoms with Crippen LogP contribution >= 0.6 is 0 Å². The molecule has 0 atom stereocenters. The van der Waals surface area contributed by atoms with Gasteiger partial charge in [-0.25, -0.2) is 0 Å². The fraction of sp³-hybridized carbons (Fsp3) is 0.205. The van der Waals surface area contributed by atoms with E-state index >= 15 is 0 Å². The molecule has 0 bridgehead atoms. The van der Waals surface area contributed by atoms with Crippen molar-refractivity contribution in [1.29, 1.82) is 0 Å². The molecule has 0 aliphatic carbocycles. The molecular weight excluding hydrogens is 500 g/mol. The van der Waals surface area contributed by atoms with Gasteiger partial charge in [0, 0.05) is 22.0 Å². The third kappa shape index (κ3) is 6.02. The SMILES string of the molecule is Cc1ccc(C(=O)c2ccc(Oc3ccc(C(C)(C)c4cccc(C(C)(C)c5ccc(C)cc5)c4)cc3)cc2)cc1. The minimum Gasteiger partial charge on any atom is -0.457 e. The van der Waals surface area contributed by atoms with Gasteiger partial charge >= 0.3 is 0 Å². The quantitative estimate of drug-likeness (QED) is 0.184. The van der Waals surface area contributed by atoms with Crippen molar-refractivity contribution < 1.29 is 9.53 Å². The molecule has 0 heterocycles. The van der Waals surface area contributed by atoms with E-state index in [1.54, 1.807) is 0 Å². The number of aryl methyl sites for hydroxylation is 2. The molecule has 0 amide bonds. The van der Waals surface area contributed by atoms with Gasteiger partial charge in [0.2, 0.25) is 0 Å². The van der Waals surface area contributed by atoms with Gasteiger partial charge in [-0.2, -0.15) is 0 Å². The van der Waals surface area contributed by atoms with Gasteiger partial charge in [-0.1, -0.05) is 124 Å². The zero-order chi connectivity index (χ0) is 29.2. The predicted octanol–water partition coefficient (Wildman–Crippen LogP) is 9.98. The van der Waals surface area contributed by atoms with Crippen LogP contribution in [0.4, 0.5) is 0 Å². The standard InChI is InChI=1S/C39H38O2/c1-27-10-14-29(15-11-27)37(40)30-16-22-35(23-17-30)41-36-24-20-32(21-25-36)39(5,6)34-9-7-8-33(26-34)38(3,4)31-18-12-28(2)13-19-31/h7-26H,1-6H3. The first-order chi connectivity index (χ1) is 19.5. The minimum absolute atomic E-state index is 0.00876. The average molecular weight is 539 g/mol. The Balaban J connectivity index is 1.30. The molecule has 206 valence electrons. The largest absolute Gasteiger partial charge is 0.457 e. The van der Waals surface area contributed by atoms with E-state index in [4.69, 9.17) is 4.74 Å². The second-order valence-corrected chi connectivity index (χ2v) is 12.0. The van der Waals surface area contributed by atoms with E-state index in [0.29, 0.717) is 16.9 Å². The molecule has 2 nitrogen and oxygen atoms in total. The first-order valence-corrected chi connectivity index (χ1v) is 14.2. The summed E-state index contributed by atoms with van der Waals surface area (Å²) in [5, 5.41) is 0. The van der Waals surface area contributed by atoms with Crippen LogP contribution in [0.15, 0.2) is 121 Å². The third-order valence-electron chi connectivity index (χ3n) is 8.32. The summed E-state index contributed by atoms with van der Waals surface area (Å²) < 4.78 is 6.12. The maximum atomic E-state index is 12.8. The first kappa shape index (κ1) is 28.1. The average Bonchev–Trinajstić information content (AvgIpc) is 2.98. The van der Waals surface area contributed by atoms with Crippen molar-refractivity contribution in [2.45, 2.75) is 52.4 Å². The Hall–Kier alpha value is -4.43. The number of carbonyl (C=O) groups is 1. The lowest BCUT2D eigenvalue weighted by Gasteiger charge is -2.31. The van der Waals surface area contributed by atoms with Crippen LogP contribution in [0.5, 0.6) is 11.5 Å². The highest BCUT2D eigenvalue weighted by molar-refractivity contribution is 6.09. The lowest BCUT2D eigenvalue weighted by Crippen LogP contribution is -2.22. The normalized spacial score (nSPS) is 11.8. The van der Waals surface area contributed by atoms with Crippen LogP contribution in [-0.4, -0.2) is 5.78 Å². The van der Waals surface area contributed by atoms with Crippen LogP contribution in [-0.2, 0) is 10.8 Å². The second-order valence-electron chi connectivity index (χ2n) is 12.0. The first-order valence-electron chi connectivity index (χ1n) is 14.2. The predicted molar refractivity (Wildman–Crippen MR) is 169 cm³/mol. The van der Waals surface area contributed by atoms with E-state index < -0.39 is 0 Å². The molecule has 0 aliphatic rings. The van der Waals surface area contributed by atoms with Crippen LogP contribution in [0, 0.1) is 13.8 Å². The summed E-state index contributed by atoms with van der Waals surface area (Å²) in [7, 11) is 0. The van der Waals surface area contributed by atoms with Crippen molar-refractivity contribution in [1.82, 2.24) is 0 Å². The van der Waals surface area contributed by atoms with Crippen LogP contribution in [0.1, 0.15) is 77.0 Å². The molecule has 0 saturated heterocycles. The third-order valence-corrected chi connectivity index (χ3v) is 8.32. The molecule has 5 aromatic rings. The molecule has 0 aromatic heterocycles. The van der Waals surface area contributed by atoms with Crippen molar-refractivity contribution in [3.63, 3.8) is 0 Å². The lowest BCUT2D eigenvalue weighted by atomic mass is 9.73. The van der Waals surface area contributed by atoms with Crippen LogP contribution < -0.4 is 4.74 Å². The zero-order valence-corrected chi connectivity index (χ0v) is 24.9. The lowest BCUT2D eigenvalue weighted by molar-refractivity contribution is 0.103. The van der Waals surface area contributed by atoms with Gasteiger partial charge in [0.05, 0.1) is 0 Å². The van der Waals surface area contributed by atoms with Gasteiger partial charge in [-0.3, -0.25) is 4.79 Å². The molecule has 0 N–H and O–H groups in total. The second kappa shape index (κ2) is 11.2. The van der Waals surface area contributed by atoms with Gasteiger partial charge < -0.3 is 4.74 Å². The van der Waals surface area contributed by atoms with E-state index in [-0.39, 0.29) is 16.6 Å². The molecule has 0 radical (unpaired) electrons. The Bertz CT molecular complexity index is 1640. The van der Waals surface area contributed by atoms with Crippen LogP contribution in [0.2, 0.25) is 0 Å². The van der Waals surface area contributed by atoms with E-state index in [0.717, 1.165) is 11.3 Å². The Morgan fingerprint density at radius 1 is 0.488 bits per heavy atom. The van der Waals surface area contributed by atoms with Crippen molar-refractivity contribution in [2.24, 2.45) is 0 Å².